The van der Waals surface area contributed by atoms with Crippen molar-refractivity contribution in [3.8, 4) is 11.1 Å². The molecule has 0 aliphatic carbocycles. The van der Waals surface area contributed by atoms with Gasteiger partial charge in [0.15, 0.2) is 0 Å². The summed E-state index contributed by atoms with van der Waals surface area (Å²) in [6, 6.07) is 22.8. The fraction of sp³-hybridized carbons (Fsp3) is 0.0714. The van der Waals surface area contributed by atoms with Gasteiger partial charge in [-0.15, -0.1) is 0 Å². The molecule has 0 bridgehead atoms. The number of hydrogen-bond donors (Lipinski definition) is 0. The van der Waals surface area contributed by atoms with Crippen LogP contribution in [0.4, 0.5) is 11.4 Å². The first-order chi connectivity index (χ1) is 16.3. The second-order valence-electron chi connectivity index (χ2n) is 7.79. The van der Waals surface area contributed by atoms with Gasteiger partial charge in [-0.05, 0) is 61.4 Å². The maximum atomic E-state index is 6.34. The molecule has 0 heterocycles. The molecule has 0 radical (unpaired) electrons. The number of hydrogen-bond acceptors (Lipinski definition) is 2. The Morgan fingerprint density at radius 2 is 0.971 bits per heavy atom. The summed E-state index contributed by atoms with van der Waals surface area (Å²) in [6.45, 7) is 4.14. The first-order valence-corrected chi connectivity index (χ1v) is 12.0. The fourth-order valence-corrected chi connectivity index (χ4v) is 4.58. The smallest absolute Gasteiger partial charge is 0.0711 e. The van der Waals surface area contributed by atoms with E-state index >= 15 is 0 Å². The van der Waals surface area contributed by atoms with E-state index in [0.29, 0.717) is 20.1 Å². The molecule has 4 aromatic rings. The van der Waals surface area contributed by atoms with Gasteiger partial charge in [0.2, 0.25) is 0 Å². The Kier molecular flexibility index (Phi) is 7.75. The summed E-state index contributed by atoms with van der Waals surface area (Å²) in [5.74, 6) is 0. The highest BCUT2D eigenvalue weighted by atomic mass is 35.5. The molecule has 0 aliphatic heterocycles. The van der Waals surface area contributed by atoms with Crippen LogP contribution in [0.5, 0.6) is 0 Å². The van der Waals surface area contributed by atoms with Crippen LogP contribution < -0.4 is 0 Å². The first-order valence-electron chi connectivity index (χ1n) is 10.5. The number of halogens is 4. The summed E-state index contributed by atoms with van der Waals surface area (Å²) in [4.78, 5) is 9.58. The maximum Gasteiger partial charge on any atom is 0.0711 e. The standard InChI is InChI=1S/C28H20Cl4N2/c1-17-5-3-7-25(33-15-19-9-11-21(29)13-23(19)31)27(17)28-18(2)6-4-8-26(28)34-16-20-10-12-22(30)14-24(20)32/h3-16H,1-2H3. The molecular formula is C28H20Cl4N2. The van der Waals surface area contributed by atoms with Crippen molar-refractivity contribution in [1.29, 1.82) is 0 Å². The van der Waals surface area contributed by atoms with E-state index in [9.17, 15) is 0 Å². The fourth-order valence-electron chi connectivity index (χ4n) is 3.66. The largest absolute Gasteiger partial charge is 0.256 e. The van der Waals surface area contributed by atoms with Gasteiger partial charge in [0.1, 0.15) is 0 Å². The lowest BCUT2D eigenvalue weighted by Gasteiger charge is -2.15. The summed E-state index contributed by atoms with van der Waals surface area (Å²) in [5, 5.41) is 2.26. The molecule has 0 aromatic heterocycles. The van der Waals surface area contributed by atoms with E-state index in [4.69, 9.17) is 56.4 Å². The Bertz CT molecular complexity index is 1320. The molecule has 0 fully saturated rings. The summed E-state index contributed by atoms with van der Waals surface area (Å²) in [6.07, 6.45) is 3.51. The van der Waals surface area contributed by atoms with Crippen molar-refractivity contribution in [2.24, 2.45) is 9.98 Å². The highest BCUT2D eigenvalue weighted by Crippen LogP contribution is 2.41. The summed E-state index contributed by atoms with van der Waals surface area (Å²) in [7, 11) is 0. The van der Waals surface area contributed by atoms with E-state index in [1.54, 1.807) is 36.7 Å². The van der Waals surface area contributed by atoms with E-state index in [1.165, 1.54) is 0 Å². The van der Waals surface area contributed by atoms with E-state index in [0.717, 1.165) is 44.8 Å². The van der Waals surface area contributed by atoms with Gasteiger partial charge < -0.3 is 0 Å². The maximum absolute atomic E-state index is 6.34. The third-order valence-corrected chi connectivity index (χ3v) is 6.49. The van der Waals surface area contributed by atoms with Gasteiger partial charge in [-0.3, -0.25) is 9.98 Å². The predicted octanol–water partition coefficient (Wildman–Crippen LogP) is 10.1. The number of rotatable bonds is 5. The van der Waals surface area contributed by atoms with Crippen molar-refractivity contribution >= 4 is 70.2 Å². The molecule has 0 N–H and O–H groups in total. The van der Waals surface area contributed by atoms with Crippen LogP contribution in [-0.4, -0.2) is 12.4 Å². The van der Waals surface area contributed by atoms with E-state index in [-0.39, 0.29) is 0 Å². The second kappa shape index (κ2) is 10.8. The lowest BCUT2D eigenvalue weighted by Crippen LogP contribution is -1.91. The lowest BCUT2D eigenvalue weighted by molar-refractivity contribution is 1.37. The van der Waals surface area contributed by atoms with Crippen LogP contribution in [0.2, 0.25) is 20.1 Å². The van der Waals surface area contributed by atoms with Gasteiger partial charge in [-0.2, -0.15) is 0 Å². The highest BCUT2D eigenvalue weighted by Gasteiger charge is 2.14. The number of benzene rings is 4. The zero-order chi connectivity index (χ0) is 24.2. The third kappa shape index (κ3) is 5.54. The third-order valence-electron chi connectivity index (χ3n) is 5.36. The molecule has 4 aromatic carbocycles. The summed E-state index contributed by atoms with van der Waals surface area (Å²) in [5.41, 5.74) is 7.42. The molecule has 0 atom stereocenters. The minimum absolute atomic E-state index is 0.548. The quantitative estimate of drug-likeness (QED) is 0.231. The molecule has 0 unspecified atom stereocenters. The van der Waals surface area contributed by atoms with Crippen molar-refractivity contribution in [2.45, 2.75) is 13.8 Å². The second-order valence-corrected chi connectivity index (χ2v) is 9.47. The van der Waals surface area contributed by atoms with Crippen LogP contribution in [-0.2, 0) is 0 Å². The van der Waals surface area contributed by atoms with Gasteiger partial charge in [0.05, 0.1) is 21.4 Å². The van der Waals surface area contributed by atoms with Crippen LogP contribution >= 0.6 is 46.4 Å². The van der Waals surface area contributed by atoms with Crippen molar-refractivity contribution in [3.05, 3.63) is 115 Å². The van der Waals surface area contributed by atoms with Crippen LogP contribution in [0.1, 0.15) is 22.3 Å². The highest BCUT2D eigenvalue weighted by molar-refractivity contribution is 6.36. The van der Waals surface area contributed by atoms with Crippen LogP contribution in [0, 0.1) is 13.8 Å². The van der Waals surface area contributed by atoms with Crippen LogP contribution in [0.15, 0.2) is 82.8 Å². The Labute approximate surface area is 219 Å². The Morgan fingerprint density at radius 3 is 1.35 bits per heavy atom. The topological polar surface area (TPSA) is 24.7 Å². The van der Waals surface area contributed by atoms with Crippen LogP contribution in [0.3, 0.4) is 0 Å². The Hall–Kier alpha value is -2.62. The van der Waals surface area contributed by atoms with E-state index in [2.05, 4.69) is 26.0 Å². The SMILES string of the molecule is Cc1cccc(N=Cc2ccc(Cl)cc2Cl)c1-c1c(C)cccc1N=Cc1ccc(Cl)cc1Cl. The van der Waals surface area contributed by atoms with Crippen LogP contribution in [0.25, 0.3) is 11.1 Å². The predicted molar refractivity (Wildman–Crippen MR) is 149 cm³/mol. The molecule has 0 saturated carbocycles. The summed E-state index contributed by atoms with van der Waals surface area (Å²) >= 11 is 24.7. The first kappa shape index (κ1) is 24.5. The van der Waals surface area contributed by atoms with Crippen molar-refractivity contribution in [2.75, 3.05) is 0 Å². The average molecular weight is 526 g/mol. The summed E-state index contributed by atoms with van der Waals surface area (Å²) < 4.78 is 0. The minimum Gasteiger partial charge on any atom is -0.256 e. The number of aliphatic imine (C=N–C) groups is 2. The van der Waals surface area contributed by atoms with Crippen molar-refractivity contribution in [3.63, 3.8) is 0 Å². The number of nitrogens with zero attached hydrogens (tertiary/aromatic N) is 2. The van der Waals surface area contributed by atoms with Gasteiger partial charge in [-0.25, -0.2) is 0 Å². The number of aryl methyl sites for hydroxylation is 2. The van der Waals surface area contributed by atoms with Gasteiger partial charge in [0.25, 0.3) is 0 Å². The Morgan fingerprint density at radius 1 is 0.559 bits per heavy atom. The zero-order valence-electron chi connectivity index (χ0n) is 18.5. The molecular weight excluding hydrogens is 506 g/mol. The molecule has 34 heavy (non-hydrogen) atoms. The van der Waals surface area contributed by atoms with Crippen molar-refractivity contribution in [1.82, 2.24) is 0 Å². The molecule has 4 rings (SSSR count). The lowest BCUT2D eigenvalue weighted by atomic mass is 9.93. The Balaban J connectivity index is 1.81. The van der Waals surface area contributed by atoms with Gasteiger partial charge in [-0.1, -0.05) is 82.8 Å². The normalized spacial score (nSPS) is 11.6. The van der Waals surface area contributed by atoms with E-state index in [1.807, 2.05) is 36.4 Å². The average Bonchev–Trinajstić information content (AvgIpc) is 2.79. The monoisotopic (exact) mass is 524 g/mol. The molecule has 2 nitrogen and oxygen atoms in total. The molecule has 0 aliphatic rings. The molecule has 0 amide bonds. The van der Waals surface area contributed by atoms with Gasteiger partial charge in [0, 0.05) is 44.7 Å². The van der Waals surface area contributed by atoms with Gasteiger partial charge >= 0.3 is 0 Å². The molecule has 170 valence electrons. The zero-order valence-corrected chi connectivity index (χ0v) is 21.5. The van der Waals surface area contributed by atoms with E-state index < -0.39 is 0 Å². The molecule has 0 saturated heterocycles. The van der Waals surface area contributed by atoms with Crippen molar-refractivity contribution < 1.29 is 0 Å². The molecule has 0 spiro atoms. The minimum atomic E-state index is 0.548. The molecule has 6 heteroatoms.